The van der Waals surface area contributed by atoms with Gasteiger partial charge in [0.05, 0.1) is 11.9 Å². The van der Waals surface area contributed by atoms with Crippen LogP contribution in [-0.2, 0) is 0 Å². The summed E-state index contributed by atoms with van der Waals surface area (Å²) >= 11 is 3.72. The highest BCUT2D eigenvalue weighted by atomic mass is 79.9. The van der Waals surface area contributed by atoms with E-state index in [1.807, 2.05) is 26.8 Å². The van der Waals surface area contributed by atoms with Gasteiger partial charge in [-0.05, 0) is 60.7 Å². The van der Waals surface area contributed by atoms with E-state index in [9.17, 15) is 4.39 Å². The molecule has 0 heterocycles. The Labute approximate surface area is 127 Å². The van der Waals surface area contributed by atoms with E-state index in [0.717, 1.165) is 33.6 Å². The van der Waals surface area contributed by atoms with E-state index in [2.05, 4.69) is 28.1 Å². The van der Waals surface area contributed by atoms with Crippen molar-refractivity contribution < 1.29 is 9.13 Å². The molecule has 1 nitrogen and oxygen atoms in total. The summed E-state index contributed by atoms with van der Waals surface area (Å²) in [5.74, 6) is 0.720. The van der Waals surface area contributed by atoms with Crippen LogP contribution in [0.1, 0.15) is 32.6 Å². The van der Waals surface area contributed by atoms with Crippen LogP contribution < -0.4 is 4.74 Å². The number of aryl methyl sites for hydroxylation is 3. The lowest BCUT2D eigenvalue weighted by Crippen LogP contribution is -1.99. The average molecular weight is 337 g/mol. The Morgan fingerprint density at radius 3 is 2.10 bits per heavy atom. The molecular formula is C17H18BrFO. The Morgan fingerprint density at radius 1 is 1.00 bits per heavy atom. The second kappa shape index (κ2) is 5.96. The van der Waals surface area contributed by atoms with Crippen molar-refractivity contribution >= 4 is 15.9 Å². The van der Waals surface area contributed by atoms with Gasteiger partial charge in [-0.25, -0.2) is 4.39 Å². The Kier molecular flexibility index (Phi) is 4.48. The molecule has 0 spiro atoms. The molecule has 0 radical (unpaired) electrons. The van der Waals surface area contributed by atoms with E-state index >= 15 is 0 Å². The van der Waals surface area contributed by atoms with Crippen molar-refractivity contribution in [3.05, 3.63) is 64.0 Å². The van der Waals surface area contributed by atoms with Gasteiger partial charge in [0, 0.05) is 0 Å². The summed E-state index contributed by atoms with van der Waals surface area (Å²) in [4.78, 5) is 0.0476. The lowest BCUT2D eigenvalue weighted by molar-refractivity contribution is 0.408. The Bertz CT molecular complexity index is 614. The Morgan fingerprint density at radius 2 is 1.60 bits per heavy atom. The Hall–Kier alpha value is -1.35. The van der Waals surface area contributed by atoms with E-state index in [0.29, 0.717) is 0 Å². The highest BCUT2D eigenvalue weighted by molar-refractivity contribution is 9.09. The van der Waals surface area contributed by atoms with Gasteiger partial charge < -0.3 is 4.74 Å². The standard InChI is InChI=1S/C17H18BrFO/c1-10-9-14(19)5-6-15(10)16(18)13-7-11(2)17(20-4)12(3)8-13/h5-9,16H,1-4H3. The minimum Gasteiger partial charge on any atom is -0.496 e. The molecule has 0 aliphatic carbocycles. The highest BCUT2D eigenvalue weighted by Crippen LogP contribution is 2.36. The maximum absolute atomic E-state index is 13.2. The summed E-state index contributed by atoms with van der Waals surface area (Å²) in [6, 6.07) is 9.10. The van der Waals surface area contributed by atoms with E-state index < -0.39 is 0 Å². The molecular weight excluding hydrogens is 319 g/mol. The van der Waals surface area contributed by atoms with Gasteiger partial charge in [-0.15, -0.1) is 0 Å². The number of benzene rings is 2. The number of rotatable bonds is 3. The molecule has 0 amide bonds. The van der Waals surface area contributed by atoms with Crippen molar-refractivity contribution in [1.29, 1.82) is 0 Å². The molecule has 0 aliphatic rings. The van der Waals surface area contributed by atoms with Crippen LogP contribution in [0.4, 0.5) is 4.39 Å². The molecule has 2 aromatic rings. The van der Waals surface area contributed by atoms with Gasteiger partial charge in [0.25, 0.3) is 0 Å². The molecule has 0 aliphatic heterocycles. The van der Waals surface area contributed by atoms with Gasteiger partial charge in [0.15, 0.2) is 0 Å². The summed E-state index contributed by atoms with van der Waals surface area (Å²) in [6.07, 6.45) is 0. The molecule has 1 atom stereocenters. The number of methoxy groups -OCH3 is 1. The summed E-state index contributed by atoms with van der Waals surface area (Å²) < 4.78 is 18.6. The van der Waals surface area contributed by atoms with Crippen LogP contribution in [0.15, 0.2) is 30.3 Å². The monoisotopic (exact) mass is 336 g/mol. The van der Waals surface area contributed by atoms with E-state index in [4.69, 9.17) is 4.74 Å². The zero-order valence-electron chi connectivity index (χ0n) is 12.1. The van der Waals surface area contributed by atoms with Crippen LogP contribution >= 0.6 is 15.9 Å². The van der Waals surface area contributed by atoms with Crippen molar-refractivity contribution in [1.82, 2.24) is 0 Å². The minimum atomic E-state index is -0.201. The third-order valence-corrected chi connectivity index (χ3v) is 4.51. The van der Waals surface area contributed by atoms with Crippen molar-refractivity contribution in [3.8, 4) is 5.75 Å². The van der Waals surface area contributed by atoms with Crippen LogP contribution in [-0.4, -0.2) is 7.11 Å². The van der Waals surface area contributed by atoms with Crippen molar-refractivity contribution in [2.75, 3.05) is 7.11 Å². The molecule has 0 fully saturated rings. The van der Waals surface area contributed by atoms with Gasteiger partial charge in [0.1, 0.15) is 11.6 Å². The van der Waals surface area contributed by atoms with Gasteiger partial charge >= 0.3 is 0 Å². The molecule has 3 heteroatoms. The third kappa shape index (κ3) is 2.88. The lowest BCUT2D eigenvalue weighted by Gasteiger charge is -2.17. The first-order chi connectivity index (χ1) is 9.43. The molecule has 2 aromatic carbocycles. The number of ether oxygens (including phenoxy) is 1. The zero-order valence-corrected chi connectivity index (χ0v) is 13.7. The molecule has 2 rings (SSSR count). The summed E-state index contributed by atoms with van der Waals surface area (Å²) in [5.41, 5.74) is 5.38. The molecule has 1 unspecified atom stereocenters. The molecule has 0 bridgehead atoms. The van der Waals surface area contributed by atoms with Gasteiger partial charge in [-0.3, -0.25) is 0 Å². The van der Waals surface area contributed by atoms with Crippen LogP contribution in [0.5, 0.6) is 5.75 Å². The van der Waals surface area contributed by atoms with Gasteiger partial charge in [-0.1, -0.05) is 34.1 Å². The maximum atomic E-state index is 13.2. The SMILES string of the molecule is COc1c(C)cc(C(Br)c2ccc(F)cc2C)cc1C. The summed E-state index contributed by atoms with van der Waals surface area (Å²) in [5, 5.41) is 0. The quantitative estimate of drug-likeness (QED) is 0.696. The first kappa shape index (κ1) is 15.0. The normalized spacial score (nSPS) is 12.3. The van der Waals surface area contributed by atoms with E-state index in [1.54, 1.807) is 13.2 Å². The van der Waals surface area contributed by atoms with Crippen molar-refractivity contribution in [2.45, 2.75) is 25.6 Å². The molecule has 0 aromatic heterocycles. The first-order valence-electron chi connectivity index (χ1n) is 6.49. The highest BCUT2D eigenvalue weighted by Gasteiger charge is 2.16. The number of halogens is 2. The minimum absolute atomic E-state index is 0.0476. The number of alkyl halides is 1. The topological polar surface area (TPSA) is 9.23 Å². The molecule has 0 N–H and O–H groups in total. The number of hydrogen-bond acceptors (Lipinski definition) is 1. The zero-order chi connectivity index (χ0) is 14.9. The second-order valence-electron chi connectivity index (χ2n) is 5.05. The Balaban J connectivity index is 2.45. The largest absolute Gasteiger partial charge is 0.496 e. The van der Waals surface area contributed by atoms with E-state index in [-0.39, 0.29) is 10.6 Å². The predicted octanol–water partition coefficient (Wildman–Crippen LogP) is 5.24. The molecule has 0 saturated carbocycles. The second-order valence-corrected chi connectivity index (χ2v) is 5.97. The van der Waals surface area contributed by atoms with Crippen molar-refractivity contribution in [2.24, 2.45) is 0 Å². The fourth-order valence-corrected chi connectivity index (χ4v) is 3.33. The molecule has 20 heavy (non-hydrogen) atoms. The number of hydrogen-bond donors (Lipinski definition) is 0. The maximum Gasteiger partial charge on any atom is 0.124 e. The fraction of sp³-hybridized carbons (Fsp3) is 0.294. The summed E-state index contributed by atoms with van der Waals surface area (Å²) in [6.45, 7) is 6.00. The average Bonchev–Trinajstić information content (AvgIpc) is 2.37. The smallest absolute Gasteiger partial charge is 0.124 e. The molecule has 0 saturated heterocycles. The third-order valence-electron chi connectivity index (χ3n) is 3.48. The van der Waals surface area contributed by atoms with Crippen LogP contribution in [0.25, 0.3) is 0 Å². The lowest BCUT2D eigenvalue weighted by atomic mass is 9.97. The van der Waals surface area contributed by atoms with Crippen LogP contribution in [0, 0.1) is 26.6 Å². The van der Waals surface area contributed by atoms with E-state index in [1.165, 1.54) is 6.07 Å². The van der Waals surface area contributed by atoms with Crippen LogP contribution in [0.3, 0.4) is 0 Å². The van der Waals surface area contributed by atoms with Crippen LogP contribution in [0.2, 0.25) is 0 Å². The van der Waals surface area contributed by atoms with Gasteiger partial charge in [0.2, 0.25) is 0 Å². The molecule has 106 valence electrons. The fourth-order valence-electron chi connectivity index (χ4n) is 2.56. The van der Waals surface area contributed by atoms with Gasteiger partial charge in [-0.2, -0.15) is 0 Å². The predicted molar refractivity (Wildman–Crippen MR) is 84.4 cm³/mol. The summed E-state index contributed by atoms with van der Waals surface area (Å²) in [7, 11) is 1.69. The van der Waals surface area contributed by atoms with Crippen molar-refractivity contribution in [3.63, 3.8) is 0 Å². The first-order valence-corrected chi connectivity index (χ1v) is 7.41.